The third-order valence-corrected chi connectivity index (χ3v) is 3.16. The average molecular weight is 329 g/mol. The van der Waals surface area contributed by atoms with Gasteiger partial charge in [0, 0.05) is 6.07 Å². The number of hydrogen-bond acceptors (Lipinski definition) is 5. The van der Waals surface area contributed by atoms with Crippen LogP contribution in [0.4, 0.5) is 17.1 Å². The van der Waals surface area contributed by atoms with Gasteiger partial charge in [-0.2, -0.15) is 0 Å². The Bertz CT molecular complexity index is 804. The Hall–Kier alpha value is -3.42. The smallest absolute Gasteiger partial charge is 0.314 e. The highest BCUT2D eigenvalue weighted by atomic mass is 16.6. The van der Waals surface area contributed by atoms with Crippen molar-refractivity contribution in [2.24, 2.45) is 0 Å². The minimum absolute atomic E-state index is 0.0566. The molecular weight excluding hydrogens is 314 g/mol. The third-order valence-electron chi connectivity index (χ3n) is 3.16. The van der Waals surface area contributed by atoms with Crippen molar-refractivity contribution in [3.8, 4) is 5.75 Å². The van der Waals surface area contributed by atoms with Crippen molar-refractivity contribution in [3.63, 3.8) is 0 Å². The number of nitrogens with one attached hydrogen (secondary N) is 2. The highest BCUT2D eigenvalue weighted by Gasteiger charge is 2.20. The first-order chi connectivity index (χ1) is 11.4. The fraction of sp³-hybridized carbons (Fsp3) is 0.125. The predicted molar refractivity (Wildman–Crippen MR) is 88.1 cm³/mol. The van der Waals surface area contributed by atoms with Crippen LogP contribution in [0.2, 0.25) is 0 Å². The minimum Gasteiger partial charge on any atom is -0.495 e. The van der Waals surface area contributed by atoms with E-state index < -0.39 is 16.7 Å². The number of anilines is 2. The molecule has 0 aliphatic rings. The van der Waals surface area contributed by atoms with Crippen LogP contribution in [-0.4, -0.2) is 23.8 Å². The van der Waals surface area contributed by atoms with E-state index in [1.807, 2.05) is 6.92 Å². The number of nitro benzene ring substituents is 1. The van der Waals surface area contributed by atoms with Crippen molar-refractivity contribution in [2.75, 3.05) is 17.7 Å². The summed E-state index contributed by atoms with van der Waals surface area (Å²) >= 11 is 0. The van der Waals surface area contributed by atoms with Gasteiger partial charge in [-0.3, -0.25) is 19.7 Å². The van der Waals surface area contributed by atoms with E-state index in [0.29, 0.717) is 11.4 Å². The van der Waals surface area contributed by atoms with E-state index in [4.69, 9.17) is 4.74 Å². The van der Waals surface area contributed by atoms with Crippen molar-refractivity contribution >= 4 is 28.9 Å². The number of carbonyl (C=O) groups is 2. The van der Waals surface area contributed by atoms with Crippen LogP contribution in [0.3, 0.4) is 0 Å². The molecule has 24 heavy (non-hydrogen) atoms. The molecule has 0 aliphatic carbocycles. The fourth-order valence-electron chi connectivity index (χ4n) is 2.02. The van der Waals surface area contributed by atoms with E-state index in [2.05, 4.69) is 10.6 Å². The van der Waals surface area contributed by atoms with Crippen molar-refractivity contribution < 1.29 is 19.2 Å². The number of nitrogens with zero attached hydrogens (tertiary/aromatic N) is 1. The quantitative estimate of drug-likeness (QED) is 0.508. The van der Waals surface area contributed by atoms with Crippen LogP contribution in [0.1, 0.15) is 5.56 Å². The maximum Gasteiger partial charge on any atom is 0.314 e. The van der Waals surface area contributed by atoms with Gasteiger partial charge in [-0.05, 0) is 30.7 Å². The topological polar surface area (TPSA) is 111 Å². The lowest BCUT2D eigenvalue weighted by molar-refractivity contribution is -0.383. The van der Waals surface area contributed by atoms with Crippen LogP contribution in [-0.2, 0) is 9.59 Å². The van der Waals surface area contributed by atoms with Crippen LogP contribution in [0, 0.1) is 17.0 Å². The maximum atomic E-state index is 12.0. The summed E-state index contributed by atoms with van der Waals surface area (Å²) in [6, 6.07) is 10.7. The van der Waals surface area contributed by atoms with Gasteiger partial charge in [-0.25, -0.2) is 0 Å². The molecule has 0 aliphatic heterocycles. The SMILES string of the molecule is COc1ccc(C)cc1NC(=O)C(=O)Nc1ccccc1[N+](=O)[O-]. The highest BCUT2D eigenvalue weighted by Crippen LogP contribution is 2.26. The molecule has 0 saturated carbocycles. The van der Waals surface area contributed by atoms with Crippen LogP contribution < -0.4 is 15.4 Å². The van der Waals surface area contributed by atoms with Gasteiger partial charge < -0.3 is 15.4 Å². The van der Waals surface area contributed by atoms with E-state index >= 15 is 0 Å². The number of methoxy groups -OCH3 is 1. The lowest BCUT2D eigenvalue weighted by atomic mass is 10.2. The third kappa shape index (κ3) is 3.86. The zero-order valence-corrected chi connectivity index (χ0v) is 13.0. The largest absolute Gasteiger partial charge is 0.495 e. The molecule has 0 bridgehead atoms. The van der Waals surface area contributed by atoms with Gasteiger partial charge in [0.2, 0.25) is 0 Å². The number of para-hydroxylation sites is 2. The van der Waals surface area contributed by atoms with Crippen molar-refractivity contribution in [2.45, 2.75) is 6.92 Å². The van der Waals surface area contributed by atoms with Gasteiger partial charge in [-0.1, -0.05) is 18.2 Å². The molecule has 2 aromatic rings. The Labute approximate surface area is 137 Å². The Kier molecular flexibility index (Phi) is 5.10. The molecule has 2 amide bonds. The molecule has 124 valence electrons. The van der Waals surface area contributed by atoms with Gasteiger partial charge in [-0.15, -0.1) is 0 Å². The predicted octanol–water partition coefficient (Wildman–Crippen LogP) is 2.49. The van der Waals surface area contributed by atoms with Crippen molar-refractivity contribution in [1.82, 2.24) is 0 Å². The highest BCUT2D eigenvalue weighted by molar-refractivity contribution is 6.44. The van der Waals surface area contributed by atoms with Crippen LogP contribution in [0.15, 0.2) is 42.5 Å². The summed E-state index contributed by atoms with van der Waals surface area (Å²) in [5, 5.41) is 15.6. The number of aryl methyl sites for hydroxylation is 1. The van der Waals surface area contributed by atoms with Gasteiger partial charge in [0.05, 0.1) is 17.7 Å². The van der Waals surface area contributed by atoms with Gasteiger partial charge in [0.1, 0.15) is 11.4 Å². The van der Waals surface area contributed by atoms with E-state index in [-0.39, 0.29) is 11.4 Å². The lowest BCUT2D eigenvalue weighted by Crippen LogP contribution is -2.29. The molecule has 2 aromatic carbocycles. The summed E-state index contributed by atoms with van der Waals surface area (Å²) in [4.78, 5) is 34.3. The number of carbonyl (C=O) groups excluding carboxylic acids is 2. The van der Waals surface area contributed by atoms with Gasteiger partial charge >= 0.3 is 11.8 Å². The summed E-state index contributed by atoms with van der Waals surface area (Å²) in [7, 11) is 1.44. The molecule has 0 saturated heterocycles. The van der Waals surface area contributed by atoms with Crippen molar-refractivity contribution in [1.29, 1.82) is 0 Å². The van der Waals surface area contributed by atoms with E-state index in [1.54, 1.807) is 18.2 Å². The van der Waals surface area contributed by atoms with Gasteiger partial charge in [0.25, 0.3) is 5.69 Å². The van der Waals surface area contributed by atoms with E-state index in [0.717, 1.165) is 5.56 Å². The van der Waals surface area contributed by atoms with E-state index in [1.165, 1.54) is 31.4 Å². The molecule has 8 nitrogen and oxygen atoms in total. The van der Waals surface area contributed by atoms with Crippen LogP contribution in [0.5, 0.6) is 5.75 Å². The monoisotopic (exact) mass is 329 g/mol. The fourth-order valence-corrected chi connectivity index (χ4v) is 2.02. The summed E-state index contributed by atoms with van der Waals surface area (Å²) in [5.74, 6) is -1.59. The number of amides is 2. The van der Waals surface area contributed by atoms with Crippen LogP contribution >= 0.6 is 0 Å². The zero-order valence-electron chi connectivity index (χ0n) is 13.0. The molecule has 0 radical (unpaired) electrons. The Balaban J connectivity index is 2.15. The van der Waals surface area contributed by atoms with E-state index in [9.17, 15) is 19.7 Å². The number of ether oxygens (including phenoxy) is 1. The second-order valence-electron chi connectivity index (χ2n) is 4.89. The second-order valence-corrected chi connectivity index (χ2v) is 4.89. The Morgan fingerprint density at radius 2 is 1.67 bits per heavy atom. The van der Waals surface area contributed by atoms with Gasteiger partial charge in [0.15, 0.2) is 0 Å². The average Bonchev–Trinajstić information content (AvgIpc) is 2.55. The van der Waals surface area contributed by atoms with Crippen LogP contribution in [0.25, 0.3) is 0 Å². The molecule has 2 rings (SSSR count). The molecule has 0 aromatic heterocycles. The second kappa shape index (κ2) is 7.23. The standard InChI is InChI=1S/C16H15N3O5/c1-10-7-8-14(24-2)12(9-10)18-16(21)15(20)17-11-5-3-4-6-13(11)19(22)23/h3-9H,1-2H3,(H,17,20)(H,18,21). The number of benzene rings is 2. The first-order valence-electron chi connectivity index (χ1n) is 6.92. The molecule has 0 spiro atoms. The molecule has 2 N–H and O–H groups in total. The molecule has 0 atom stereocenters. The Morgan fingerprint density at radius 1 is 1.04 bits per heavy atom. The first kappa shape index (κ1) is 16.9. The number of hydrogen-bond donors (Lipinski definition) is 2. The maximum absolute atomic E-state index is 12.0. The summed E-state index contributed by atoms with van der Waals surface area (Å²) < 4.78 is 5.11. The summed E-state index contributed by atoms with van der Waals surface area (Å²) in [6.45, 7) is 1.82. The minimum atomic E-state index is -1.02. The molecule has 0 unspecified atom stereocenters. The first-order valence-corrected chi connectivity index (χ1v) is 6.92. The summed E-state index contributed by atoms with van der Waals surface area (Å²) in [6.07, 6.45) is 0. The van der Waals surface area contributed by atoms with Crippen molar-refractivity contribution in [3.05, 3.63) is 58.1 Å². The zero-order chi connectivity index (χ0) is 17.7. The lowest BCUT2D eigenvalue weighted by Gasteiger charge is -2.11. The molecular formula is C16H15N3O5. The molecule has 0 fully saturated rings. The normalized spacial score (nSPS) is 9.92. The Morgan fingerprint density at radius 3 is 2.29 bits per heavy atom. The number of nitro groups is 1. The molecule has 0 heterocycles. The summed E-state index contributed by atoms with van der Waals surface area (Å²) in [5.41, 5.74) is 0.844. The number of rotatable bonds is 4. The molecule has 8 heteroatoms.